The SMILES string of the molecule is C/C=C(\C=C/CC)COc1cc(C)ccc1C(F)(F)F.CC. The van der Waals surface area contributed by atoms with Crippen molar-refractivity contribution in [3.05, 3.63) is 53.1 Å². The van der Waals surface area contributed by atoms with Crippen molar-refractivity contribution in [2.45, 2.75) is 47.2 Å². The minimum atomic E-state index is -4.40. The van der Waals surface area contributed by atoms with Gasteiger partial charge < -0.3 is 4.74 Å². The van der Waals surface area contributed by atoms with E-state index in [1.54, 1.807) is 6.92 Å². The van der Waals surface area contributed by atoms with E-state index in [4.69, 9.17) is 4.74 Å². The third-order valence-corrected chi connectivity index (χ3v) is 2.78. The van der Waals surface area contributed by atoms with Crippen LogP contribution < -0.4 is 4.74 Å². The van der Waals surface area contributed by atoms with Crippen LogP contribution in [0.15, 0.2) is 42.0 Å². The number of rotatable bonds is 5. The molecule has 124 valence electrons. The van der Waals surface area contributed by atoms with Crippen LogP contribution in [0.3, 0.4) is 0 Å². The Bertz CT molecular complexity index is 500. The van der Waals surface area contributed by atoms with Gasteiger partial charge in [0.1, 0.15) is 12.4 Å². The van der Waals surface area contributed by atoms with Crippen molar-refractivity contribution >= 4 is 0 Å². The van der Waals surface area contributed by atoms with Gasteiger partial charge in [-0.15, -0.1) is 0 Å². The predicted octanol–water partition coefficient (Wildman–Crippen LogP) is 6.33. The molecule has 1 rings (SSSR count). The van der Waals surface area contributed by atoms with Crippen molar-refractivity contribution in [3.63, 3.8) is 0 Å². The van der Waals surface area contributed by atoms with Crippen molar-refractivity contribution < 1.29 is 17.9 Å². The lowest BCUT2D eigenvalue weighted by Gasteiger charge is -2.15. The summed E-state index contributed by atoms with van der Waals surface area (Å²) in [5, 5.41) is 0. The highest BCUT2D eigenvalue weighted by Gasteiger charge is 2.34. The number of halogens is 3. The molecule has 0 fully saturated rings. The quantitative estimate of drug-likeness (QED) is 0.577. The van der Waals surface area contributed by atoms with Gasteiger partial charge in [-0.2, -0.15) is 13.2 Å². The van der Waals surface area contributed by atoms with Crippen molar-refractivity contribution in [1.82, 2.24) is 0 Å². The highest BCUT2D eigenvalue weighted by atomic mass is 19.4. The van der Waals surface area contributed by atoms with E-state index in [0.717, 1.165) is 23.6 Å². The lowest BCUT2D eigenvalue weighted by Crippen LogP contribution is -2.10. The van der Waals surface area contributed by atoms with Crippen LogP contribution in [-0.4, -0.2) is 6.61 Å². The van der Waals surface area contributed by atoms with Gasteiger partial charge in [-0.1, -0.05) is 45.1 Å². The minimum Gasteiger partial charge on any atom is -0.488 e. The molecule has 0 bridgehead atoms. The molecule has 1 aromatic rings. The average Bonchev–Trinajstić information content (AvgIpc) is 2.48. The molecule has 0 N–H and O–H groups in total. The molecular formula is C18H25F3O. The van der Waals surface area contributed by atoms with Gasteiger partial charge in [0.2, 0.25) is 0 Å². The van der Waals surface area contributed by atoms with Gasteiger partial charge in [0, 0.05) is 0 Å². The molecule has 0 saturated heterocycles. The van der Waals surface area contributed by atoms with Crippen molar-refractivity contribution in [2.75, 3.05) is 6.61 Å². The zero-order valence-electron chi connectivity index (χ0n) is 13.9. The van der Waals surface area contributed by atoms with Gasteiger partial charge in [0.05, 0.1) is 5.56 Å². The van der Waals surface area contributed by atoms with Crippen molar-refractivity contribution in [1.29, 1.82) is 0 Å². The van der Waals surface area contributed by atoms with Crippen LogP contribution in [0.1, 0.15) is 45.2 Å². The van der Waals surface area contributed by atoms with Gasteiger partial charge in [0.25, 0.3) is 0 Å². The minimum absolute atomic E-state index is 0.123. The smallest absolute Gasteiger partial charge is 0.419 e. The number of benzene rings is 1. The van der Waals surface area contributed by atoms with Crippen LogP contribution in [0, 0.1) is 6.92 Å². The van der Waals surface area contributed by atoms with Crippen LogP contribution in [0.25, 0.3) is 0 Å². The second kappa shape index (κ2) is 10.1. The van der Waals surface area contributed by atoms with Gasteiger partial charge in [-0.25, -0.2) is 0 Å². The molecule has 0 heterocycles. The number of hydrogen-bond donors (Lipinski definition) is 0. The molecule has 0 radical (unpaired) electrons. The molecule has 1 aromatic carbocycles. The first kappa shape index (κ1) is 20.3. The summed E-state index contributed by atoms with van der Waals surface area (Å²) in [5.41, 5.74) is 0.846. The Morgan fingerprint density at radius 3 is 2.36 bits per heavy atom. The molecule has 0 spiro atoms. The number of ether oxygens (including phenoxy) is 1. The van der Waals surface area contributed by atoms with Crippen LogP contribution in [0.2, 0.25) is 0 Å². The second-order valence-electron chi connectivity index (χ2n) is 4.46. The third kappa shape index (κ3) is 6.83. The first-order chi connectivity index (χ1) is 10.4. The Balaban J connectivity index is 0.00000211. The van der Waals surface area contributed by atoms with Crippen LogP contribution in [0.5, 0.6) is 5.75 Å². The summed E-state index contributed by atoms with van der Waals surface area (Å²) in [4.78, 5) is 0. The third-order valence-electron chi connectivity index (χ3n) is 2.78. The number of allylic oxidation sites excluding steroid dienone is 2. The molecule has 0 saturated carbocycles. The van der Waals surface area contributed by atoms with E-state index in [-0.39, 0.29) is 12.4 Å². The summed E-state index contributed by atoms with van der Waals surface area (Å²) in [6.07, 6.45) is 2.10. The largest absolute Gasteiger partial charge is 0.488 e. The predicted molar refractivity (Wildman–Crippen MR) is 86.2 cm³/mol. The Morgan fingerprint density at radius 1 is 1.23 bits per heavy atom. The maximum absolute atomic E-state index is 12.9. The van der Waals surface area contributed by atoms with E-state index < -0.39 is 11.7 Å². The molecule has 0 aliphatic rings. The molecule has 0 aliphatic carbocycles. The zero-order valence-corrected chi connectivity index (χ0v) is 13.9. The van der Waals surface area contributed by atoms with E-state index in [9.17, 15) is 13.2 Å². The first-order valence-corrected chi connectivity index (χ1v) is 7.50. The molecule has 0 aromatic heterocycles. The number of alkyl halides is 3. The fourth-order valence-electron chi connectivity index (χ4n) is 1.64. The molecule has 0 aliphatic heterocycles. The van der Waals surface area contributed by atoms with E-state index in [2.05, 4.69) is 0 Å². The van der Waals surface area contributed by atoms with E-state index in [1.165, 1.54) is 12.1 Å². The average molecular weight is 314 g/mol. The van der Waals surface area contributed by atoms with E-state index in [1.807, 2.05) is 45.9 Å². The molecule has 22 heavy (non-hydrogen) atoms. The molecular weight excluding hydrogens is 289 g/mol. The fourth-order valence-corrected chi connectivity index (χ4v) is 1.64. The van der Waals surface area contributed by atoms with Gasteiger partial charge in [-0.3, -0.25) is 0 Å². The van der Waals surface area contributed by atoms with Gasteiger partial charge in [0.15, 0.2) is 0 Å². The monoisotopic (exact) mass is 314 g/mol. The molecule has 4 heteroatoms. The lowest BCUT2D eigenvalue weighted by atomic mass is 10.1. The Labute approximate surface area is 131 Å². The van der Waals surface area contributed by atoms with Crippen molar-refractivity contribution in [3.8, 4) is 5.75 Å². The first-order valence-electron chi connectivity index (χ1n) is 7.50. The van der Waals surface area contributed by atoms with E-state index in [0.29, 0.717) is 0 Å². The highest BCUT2D eigenvalue weighted by molar-refractivity contribution is 5.39. The lowest BCUT2D eigenvalue weighted by molar-refractivity contribution is -0.138. The van der Waals surface area contributed by atoms with Crippen LogP contribution in [0.4, 0.5) is 13.2 Å². The maximum atomic E-state index is 12.9. The Morgan fingerprint density at radius 2 is 1.86 bits per heavy atom. The number of aryl methyl sites for hydroxylation is 1. The van der Waals surface area contributed by atoms with Gasteiger partial charge in [-0.05, 0) is 43.5 Å². The second-order valence-corrected chi connectivity index (χ2v) is 4.46. The molecule has 0 amide bonds. The topological polar surface area (TPSA) is 9.23 Å². The summed E-state index contributed by atoms with van der Waals surface area (Å²) in [6.45, 7) is 9.69. The summed E-state index contributed by atoms with van der Waals surface area (Å²) in [7, 11) is 0. The molecule has 0 unspecified atom stereocenters. The Kier molecular flexibility index (Phi) is 9.31. The van der Waals surface area contributed by atoms with Crippen LogP contribution >= 0.6 is 0 Å². The molecule has 0 atom stereocenters. The van der Waals surface area contributed by atoms with Crippen molar-refractivity contribution in [2.24, 2.45) is 0 Å². The highest BCUT2D eigenvalue weighted by Crippen LogP contribution is 2.36. The standard InChI is InChI=1S/C16H19F3O.C2H6/c1-4-6-7-13(5-2)11-20-15-10-12(3)8-9-14(15)16(17,18)19;1-2/h5-10H,4,11H2,1-3H3;1-2H3/b7-6-,13-5+;. The fraction of sp³-hybridized carbons (Fsp3) is 0.444. The summed E-state index contributed by atoms with van der Waals surface area (Å²) in [6, 6.07) is 3.91. The van der Waals surface area contributed by atoms with Gasteiger partial charge >= 0.3 is 6.18 Å². The zero-order chi connectivity index (χ0) is 17.2. The van der Waals surface area contributed by atoms with Crippen LogP contribution in [-0.2, 0) is 6.18 Å². The maximum Gasteiger partial charge on any atom is 0.419 e. The summed E-state index contributed by atoms with van der Waals surface area (Å²) < 4.78 is 44.0. The Hall–Kier alpha value is -1.71. The summed E-state index contributed by atoms with van der Waals surface area (Å²) in [5.74, 6) is -0.123. The van der Waals surface area contributed by atoms with E-state index >= 15 is 0 Å². The molecule has 1 nitrogen and oxygen atoms in total. The normalized spacial score (nSPS) is 12.1. The number of hydrogen-bond acceptors (Lipinski definition) is 1. The summed E-state index contributed by atoms with van der Waals surface area (Å²) >= 11 is 0.